The molecule has 14 heavy (non-hydrogen) atoms. The summed E-state index contributed by atoms with van der Waals surface area (Å²) >= 11 is 6.88. The van der Waals surface area contributed by atoms with Crippen LogP contribution in [0.1, 0.15) is 11.8 Å². The quantitative estimate of drug-likeness (QED) is 0.595. The Hall–Kier alpha value is -1.14. The highest BCUT2D eigenvalue weighted by molar-refractivity contribution is 7.14. The van der Waals surface area contributed by atoms with Crippen molar-refractivity contribution in [3.05, 3.63) is 25.8 Å². The second kappa shape index (κ2) is 4.39. The summed E-state index contributed by atoms with van der Waals surface area (Å²) in [5, 5.41) is 10.9. The predicted octanol–water partition coefficient (Wildman–Crippen LogP) is 2.44. The number of allylic oxidation sites excluding steroid dienone is 1. The Bertz CT molecular complexity index is 388. The van der Waals surface area contributed by atoms with Gasteiger partial charge in [-0.1, -0.05) is 22.9 Å². The number of rotatable bonds is 3. The van der Waals surface area contributed by atoms with E-state index in [-0.39, 0.29) is 10.9 Å². The van der Waals surface area contributed by atoms with Gasteiger partial charge in [0.25, 0.3) is 5.19 Å². The summed E-state index contributed by atoms with van der Waals surface area (Å²) in [5.74, 6) is 0. The lowest BCUT2D eigenvalue weighted by Gasteiger charge is -1.88. The molecule has 1 heterocycles. The zero-order chi connectivity index (χ0) is 10.7. The van der Waals surface area contributed by atoms with Gasteiger partial charge in [-0.05, 0) is 0 Å². The average molecular weight is 235 g/mol. The summed E-state index contributed by atoms with van der Waals surface area (Å²) in [6.45, 7) is 1.39. The monoisotopic (exact) mass is 234 g/mol. The first kappa shape index (κ1) is 10.9. The van der Waals surface area contributed by atoms with Gasteiger partial charge in [-0.25, -0.2) is 0 Å². The Labute approximate surface area is 89.1 Å². The van der Waals surface area contributed by atoms with Gasteiger partial charge in [0.15, 0.2) is 5.15 Å². The second-order valence-corrected chi connectivity index (χ2v) is 3.73. The zero-order valence-corrected chi connectivity index (χ0v) is 9.06. The fourth-order valence-corrected chi connectivity index (χ4v) is 1.78. The molecule has 7 heteroatoms. The maximum atomic E-state index is 10.3. The van der Waals surface area contributed by atoms with E-state index in [0.717, 1.165) is 11.3 Å². The van der Waals surface area contributed by atoms with Crippen molar-refractivity contribution < 1.29 is 9.66 Å². The first-order chi connectivity index (χ1) is 6.54. The number of ether oxygens (including phenoxy) is 1. The Morgan fingerprint density at radius 2 is 2.43 bits per heavy atom. The van der Waals surface area contributed by atoms with Crippen LogP contribution in [0, 0.1) is 10.1 Å². The van der Waals surface area contributed by atoms with Crippen molar-refractivity contribution in [3.8, 4) is 5.19 Å². The molecule has 0 radical (unpaired) electrons. The van der Waals surface area contributed by atoms with Crippen molar-refractivity contribution >= 4 is 29.0 Å². The lowest BCUT2D eigenvalue weighted by molar-refractivity contribution is -0.422. The number of methoxy groups -OCH3 is 1. The average Bonchev–Trinajstić information content (AvgIpc) is 2.47. The van der Waals surface area contributed by atoms with Gasteiger partial charge in [0, 0.05) is 13.0 Å². The summed E-state index contributed by atoms with van der Waals surface area (Å²) in [4.78, 5) is 14.2. The highest BCUT2D eigenvalue weighted by atomic mass is 35.5. The minimum Gasteiger partial charge on any atom is -0.473 e. The SMILES string of the molecule is COc1nc(Cl)c(/C=C(/C)[N+](=O)[O-])s1. The summed E-state index contributed by atoms with van der Waals surface area (Å²) in [7, 11) is 1.46. The molecule has 0 saturated heterocycles. The molecular formula is C7H7ClN2O3S. The van der Waals surface area contributed by atoms with Crippen LogP contribution in [0.15, 0.2) is 5.70 Å². The highest BCUT2D eigenvalue weighted by Gasteiger charge is 2.10. The minimum atomic E-state index is -0.484. The Kier molecular flexibility index (Phi) is 3.43. The molecule has 0 saturated carbocycles. The number of aromatic nitrogens is 1. The largest absolute Gasteiger partial charge is 0.473 e. The second-order valence-electron chi connectivity index (χ2n) is 2.38. The molecule has 0 fully saturated rings. The van der Waals surface area contributed by atoms with E-state index in [1.54, 1.807) is 0 Å². The smallest absolute Gasteiger partial charge is 0.274 e. The third-order valence-corrected chi connectivity index (χ3v) is 2.76. The first-order valence-corrected chi connectivity index (χ1v) is 4.77. The van der Waals surface area contributed by atoms with Crippen molar-refractivity contribution in [1.82, 2.24) is 4.98 Å². The van der Waals surface area contributed by atoms with E-state index in [4.69, 9.17) is 16.3 Å². The molecule has 0 N–H and O–H groups in total. The number of halogens is 1. The lowest BCUT2D eigenvalue weighted by atomic mass is 10.4. The van der Waals surface area contributed by atoms with Crippen LogP contribution in [0.25, 0.3) is 6.08 Å². The molecule has 1 aromatic rings. The third-order valence-electron chi connectivity index (χ3n) is 1.39. The molecule has 5 nitrogen and oxygen atoms in total. The van der Waals surface area contributed by atoms with Gasteiger partial charge in [-0.2, -0.15) is 4.98 Å². The van der Waals surface area contributed by atoms with Gasteiger partial charge in [-0.15, -0.1) is 0 Å². The molecule has 0 bridgehead atoms. The fraction of sp³-hybridized carbons (Fsp3) is 0.286. The predicted molar refractivity (Wildman–Crippen MR) is 54.3 cm³/mol. The summed E-state index contributed by atoms with van der Waals surface area (Å²) in [5.41, 5.74) is 0.0122. The molecule has 0 aliphatic carbocycles. The molecular weight excluding hydrogens is 228 g/mol. The third kappa shape index (κ3) is 2.43. The first-order valence-electron chi connectivity index (χ1n) is 3.57. The molecule has 0 unspecified atom stereocenters. The van der Waals surface area contributed by atoms with Gasteiger partial charge in [0.2, 0.25) is 5.70 Å². The van der Waals surface area contributed by atoms with E-state index in [1.165, 1.54) is 20.1 Å². The molecule has 76 valence electrons. The van der Waals surface area contributed by atoms with Crippen molar-refractivity contribution in [1.29, 1.82) is 0 Å². The summed E-state index contributed by atoms with van der Waals surface area (Å²) in [6.07, 6.45) is 1.36. The topological polar surface area (TPSA) is 65.3 Å². The van der Waals surface area contributed by atoms with E-state index >= 15 is 0 Å². The van der Waals surface area contributed by atoms with Crippen LogP contribution in [0.5, 0.6) is 5.19 Å². The maximum absolute atomic E-state index is 10.3. The minimum absolute atomic E-state index is 0.0122. The summed E-state index contributed by atoms with van der Waals surface area (Å²) in [6, 6.07) is 0. The van der Waals surface area contributed by atoms with Gasteiger partial charge in [0.1, 0.15) is 0 Å². The van der Waals surface area contributed by atoms with Crippen molar-refractivity contribution in [3.63, 3.8) is 0 Å². The molecule has 1 rings (SSSR count). The van der Waals surface area contributed by atoms with E-state index in [9.17, 15) is 10.1 Å². The number of hydrogen-bond donors (Lipinski definition) is 0. The molecule has 0 amide bonds. The molecule has 0 spiro atoms. The Morgan fingerprint density at radius 1 is 1.79 bits per heavy atom. The normalized spacial score (nSPS) is 11.5. The van der Waals surface area contributed by atoms with E-state index < -0.39 is 4.92 Å². The van der Waals surface area contributed by atoms with Gasteiger partial charge in [-0.3, -0.25) is 10.1 Å². The molecule has 0 atom stereocenters. The molecule has 1 aromatic heterocycles. The number of nitro groups is 1. The highest BCUT2D eigenvalue weighted by Crippen LogP contribution is 2.30. The standard InChI is InChI=1S/C7H7ClN2O3S/c1-4(10(11)12)3-5-6(8)9-7(13-2)14-5/h3H,1-2H3/b4-3-. The van der Waals surface area contributed by atoms with Crippen molar-refractivity contribution in [2.75, 3.05) is 7.11 Å². The Morgan fingerprint density at radius 3 is 2.86 bits per heavy atom. The van der Waals surface area contributed by atoms with Crippen LogP contribution < -0.4 is 4.74 Å². The number of nitrogens with zero attached hydrogens (tertiary/aromatic N) is 2. The number of thiazole rings is 1. The molecule has 0 aliphatic heterocycles. The molecule has 0 aromatic carbocycles. The van der Waals surface area contributed by atoms with Crippen molar-refractivity contribution in [2.24, 2.45) is 0 Å². The Balaban J connectivity index is 3.02. The zero-order valence-electron chi connectivity index (χ0n) is 7.48. The summed E-state index contributed by atoms with van der Waals surface area (Å²) < 4.78 is 4.84. The fourth-order valence-electron chi connectivity index (χ4n) is 0.713. The van der Waals surface area contributed by atoms with E-state index in [2.05, 4.69) is 4.98 Å². The maximum Gasteiger partial charge on any atom is 0.274 e. The van der Waals surface area contributed by atoms with E-state index in [1.807, 2.05) is 0 Å². The van der Waals surface area contributed by atoms with Crippen LogP contribution in [0.2, 0.25) is 5.15 Å². The lowest BCUT2D eigenvalue weighted by Crippen LogP contribution is -1.92. The van der Waals surface area contributed by atoms with Crippen LogP contribution in [-0.2, 0) is 0 Å². The van der Waals surface area contributed by atoms with Gasteiger partial charge >= 0.3 is 0 Å². The van der Waals surface area contributed by atoms with Crippen molar-refractivity contribution in [2.45, 2.75) is 6.92 Å². The van der Waals surface area contributed by atoms with Crippen LogP contribution in [0.3, 0.4) is 0 Å². The number of hydrogen-bond acceptors (Lipinski definition) is 5. The van der Waals surface area contributed by atoms with Gasteiger partial charge < -0.3 is 4.74 Å². The molecule has 0 aliphatic rings. The van der Waals surface area contributed by atoms with Crippen LogP contribution >= 0.6 is 22.9 Å². The van der Waals surface area contributed by atoms with E-state index in [0.29, 0.717) is 10.1 Å². The van der Waals surface area contributed by atoms with Crippen LogP contribution in [-0.4, -0.2) is 17.0 Å². The van der Waals surface area contributed by atoms with Gasteiger partial charge in [0.05, 0.1) is 16.9 Å². The van der Waals surface area contributed by atoms with Crippen LogP contribution in [0.4, 0.5) is 0 Å².